The van der Waals surface area contributed by atoms with Crippen LogP contribution in [0, 0.1) is 0 Å². The van der Waals surface area contributed by atoms with Gasteiger partial charge in [0.05, 0.1) is 26.4 Å². The second kappa shape index (κ2) is 71.3. The van der Waals surface area contributed by atoms with E-state index in [0.717, 1.165) is 167 Å². The summed E-state index contributed by atoms with van der Waals surface area (Å²) < 4.78 is 61.0. The van der Waals surface area contributed by atoms with E-state index in [9.17, 15) is 43.5 Å². The highest BCUT2D eigenvalue weighted by Crippen LogP contribution is 2.45. The Balaban J connectivity index is 4.77. The average Bonchev–Trinajstić information content (AvgIpc) is 2.08. The number of rotatable bonds is 69. The van der Waals surface area contributed by atoms with Crippen LogP contribution in [-0.2, 0) is 55.8 Å². The number of hydrogen-bond donors (Lipinski definition) is 4. The number of ether oxygens (including phenoxy) is 3. The van der Waals surface area contributed by atoms with Gasteiger partial charge in [-0.25, -0.2) is 9.13 Å². The molecule has 16 nitrogen and oxygen atoms in total. The molecule has 0 aromatic rings. The molecule has 554 valence electrons. The summed E-state index contributed by atoms with van der Waals surface area (Å²) in [6.45, 7) is 2.44. The molecule has 0 heterocycles. The molecule has 4 N–H and O–H groups in total. The molecule has 0 bridgehead atoms. The second-order valence-electron chi connectivity index (χ2n) is 24.4. The lowest BCUT2D eigenvalue weighted by Gasteiger charge is -2.21. The van der Waals surface area contributed by atoms with E-state index >= 15 is 0 Å². The van der Waals surface area contributed by atoms with Crippen molar-refractivity contribution in [2.24, 2.45) is 0 Å². The Morgan fingerprint density at radius 3 is 0.866 bits per heavy atom. The first-order valence-electron chi connectivity index (χ1n) is 37.1. The molecule has 0 amide bonds. The van der Waals surface area contributed by atoms with E-state index in [1.807, 2.05) is 0 Å². The van der Waals surface area contributed by atoms with Gasteiger partial charge in [0, 0.05) is 19.3 Å². The Bertz CT molecular complexity index is 2350. The third-order valence-corrected chi connectivity index (χ3v) is 16.9. The number of unbranched alkanes of at least 4 members (excludes halogenated alkanes) is 22. The van der Waals surface area contributed by atoms with Crippen LogP contribution in [0.4, 0.5) is 0 Å². The standard InChI is InChI=1S/C79H132O16P2/c1-4-7-10-13-16-19-22-25-28-31-34-36-39-41-44-47-50-53-56-59-62-65-77(82)89-68-74(80)69-91-96(85,86)92-70-75(81)71-93-97(87,88)94-73-76(95-79(84)67-64-61-58-55-52-49-46-43-38-33-30-27-24-21-18-15-12-9-6-3)72-90-78(83)66-63-60-57-54-51-48-45-42-40-37-35-32-29-26-23-20-17-14-11-8-5-2/h9,12,16-21,25-30,34-38,41-45,74-76,80-81H,4-8,10-11,13-15,22-24,31-33,39-40,46-73H2,1-3H3,(H,85,86)(H,87,88)/b12-9-,19-16-,20-17-,21-18-,28-25-,29-26-,30-27-,36-34-,37-35-,43-38-,44-41-,45-42-. The molecule has 0 fully saturated rings. The topological polar surface area (TPSA) is 231 Å². The number of allylic oxidation sites excluding steroid dienone is 24. The molecule has 0 spiro atoms. The Labute approximate surface area is 587 Å². The summed E-state index contributed by atoms with van der Waals surface area (Å²) in [5.41, 5.74) is 0. The van der Waals surface area contributed by atoms with Gasteiger partial charge in [-0.3, -0.25) is 32.5 Å². The first-order valence-corrected chi connectivity index (χ1v) is 40.1. The molecule has 0 radical (unpaired) electrons. The van der Waals surface area contributed by atoms with Gasteiger partial charge in [0.15, 0.2) is 6.10 Å². The molecule has 18 heteroatoms. The molecule has 0 aliphatic rings. The van der Waals surface area contributed by atoms with Crippen molar-refractivity contribution in [3.05, 3.63) is 146 Å². The van der Waals surface area contributed by atoms with Crippen LogP contribution < -0.4 is 0 Å². The van der Waals surface area contributed by atoms with Crippen molar-refractivity contribution in [1.29, 1.82) is 0 Å². The number of phosphoric ester groups is 2. The van der Waals surface area contributed by atoms with Crippen LogP contribution in [-0.4, -0.2) is 95.9 Å². The highest BCUT2D eigenvalue weighted by atomic mass is 31.2. The Morgan fingerprint density at radius 2 is 0.546 bits per heavy atom. The monoisotopic (exact) mass is 1400 g/mol. The van der Waals surface area contributed by atoms with Crippen LogP contribution in [0.15, 0.2) is 146 Å². The molecule has 0 aliphatic heterocycles. The molecule has 97 heavy (non-hydrogen) atoms. The van der Waals surface area contributed by atoms with Crippen molar-refractivity contribution in [1.82, 2.24) is 0 Å². The number of aliphatic hydroxyl groups excluding tert-OH is 2. The highest BCUT2D eigenvalue weighted by molar-refractivity contribution is 7.47. The number of phosphoric acid groups is 2. The molecular weight excluding hydrogens is 1270 g/mol. The van der Waals surface area contributed by atoms with Crippen LogP contribution in [0.5, 0.6) is 0 Å². The maximum atomic E-state index is 13.0. The fraction of sp³-hybridized carbons (Fsp3) is 0.658. The van der Waals surface area contributed by atoms with Gasteiger partial charge in [-0.15, -0.1) is 0 Å². The minimum atomic E-state index is -4.95. The van der Waals surface area contributed by atoms with Gasteiger partial charge < -0.3 is 34.2 Å². The minimum absolute atomic E-state index is 0.0781. The summed E-state index contributed by atoms with van der Waals surface area (Å²) in [6.07, 6.45) is 85.9. The van der Waals surface area contributed by atoms with Gasteiger partial charge in [-0.05, 0) is 148 Å². The lowest BCUT2D eigenvalue weighted by molar-refractivity contribution is -0.161. The molecular formula is C79H132O16P2. The molecule has 5 atom stereocenters. The fourth-order valence-electron chi connectivity index (χ4n) is 9.35. The van der Waals surface area contributed by atoms with Crippen molar-refractivity contribution in [3.63, 3.8) is 0 Å². The fourth-order valence-corrected chi connectivity index (χ4v) is 10.9. The SMILES string of the molecule is CC/C=C\C/C=C\C/C=C\C/C=C\CCCCCCCCC(=O)OC(COC(=O)CCCCCCC/C=C\C/C=C\C/C=C\C/C=C\CCCCC)COP(=O)(O)OCC(O)COP(=O)(O)OCC(O)COC(=O)CCCCCCC/C=C\C/C=C\C/C=C\C/C=C\CCCCC. The van der Waals surface area contributed by atoms with Gasteiger partial charge in [0.25, 0.3) is 0 Å². The van der Waals surface area contributed by atoms with E-state index in [2.05, 4.69) is 167 Å². The van der Waals surface area contributed by atoms with Gasteiger partial charge in [0.2, 0.25) is 0 Å². The predicted molar refractivity (Wildman–Crippen MR) is 399 cm³/mol. The smallest absolute Gasteiger partial charge is 0.463 e. The van der Waals surface area contributed by atoms with Crippen LogP contribution in [0.2, 0.25) is 0 Å². The molecule has 0 saturated heterocycles. The predicted octanol–water partition coefficient (Wildman–Crippen LogP) is 21.3. The zero-order valence-electron chi connectivity index (χ0n) is 60.2. The zero-order valence-corrected chi connectivity index (χ0v) is 62.0. The zero-order chi connectivity index (χ0) is 70.9. The van der Waals surface area contributed by atoms with Gasteiger partial charge in [-0.2, -0.15) is 0 Å². The van der Waals surface area contributed by atoms with E-state index in [0.29, 0.717) is 19.3 Å². The minimum Gasteiger partial charge on any atom is -0.463 e. The van der Waals surface area contributed by atoms with E-state index in [1.54, 1.807) is 0 Å². The summed E-state index contributed by atoms with van der Waals surface area (Å²) >= 11 is 0. The number of carbonyl (C=O) groups is 3. The van der Waals surface area contributed by atoms with E-state index in [-0.39, 0.29) is 19.3 Å². The quantitative estimate of drug-likeness (QED) is 0.0146. The maximum absolute atomic E-state index is 13.0. The third kappa shape index (κ3) is 72.5. The second-order valence-corrected chi connectivity index (χ2v) is 27.3. The van der Waals surface area contributed by atoms with Crippen molar-refractivity contribution in [2.45, 2.75) is 296 Å². The van der Waals surface area contributed by atoms with Crippen LogP contribution in [0.25, 0.3) is 0 Å². The van der Waals surface area contributed by atoms with E-state index in [4.69, 9.17) is 32.3 Å². The van der Waals surface area contributed by atoms with Crippen LogP contribution >= 0.6 is 15.6 Å². The van der Waals surface area contributed by atoms with Crippen molar-refractivity contribution < 1.29 is 75.8 Å². The molecule has 0 saturated carbocycles. The lowest BCUT2D eigenvalue weighted by Crippen LogP contribution is -2.30. The summed E-state index contributed by atoms with van der Waals surface area (Å²) in [5, 5.41) is 20.6. The van der Waals surface area contributed by atoms with Gasteiger partial charge in [-0.1, -0.05) is 256 Å². The Kier molecular flexibility index (Phi) is 67.9. The van der Waals surface area contributed by atoms with Crippen molar-refractivity contribution >= 4 is 33.6 Å². The molecule has 0 aromatic heterocycles. The van der Waals surface area contributed by atoms with E-state index < -0.39 is 91.5 Å². The number of hydrogen-bond acceptors (Lipinski definition) is 14. The molecule has 0 aromatic carbocycles. The van der Waals surface area contributed by atoms with E-state index in [1.165, 1.54) is 51.4 Å². The van der Waals surface area contributed by atoms with Crippen molar-refractivity contribution in [3.8, 4) is 0 Å². The Morgan fingerprint density at radius 1 is 0.299 bits per heavy atom. The largest absolute Gasteiger partial charge is 0.472 e. The third-order valence-electron chi connectivity index (χ3n) is 15.0. The number of carbonyl (C=O) groups excluding carboxylic acids is 3. The number of aliphatic hydroxyl groups is 2. The summed E-state index contributed by atoms with van der Waals surface area (Å²) in [4.78, 5) is 58.6. The Hall–Kier alpha value is -4.57. The molecule has 0 aliphatic carbocycles. The molecule has 5 unspecified atom stereocenters. The van der Waals surface area contributed by atoms with Crippen molar-refractivity contribution in [2.75, 3.05) is 39.6 Å². The highest BCUT2D eigenvalue weighted by Gasteiger charge is 2.29. The molecule has 0 rings (SSSR count). The van der Waals surface area contributed by atoms with Gasteiger partial charge in [0.1, 0.15) is 25.4 Å². The lowest BCUT2D eigenvalue weighted by atomic mass is 10.1. The van der Waals surface area contributed by atoms with Crippen LogP contribution in [0.3, 0.4) is 0 Å². The summed E-state index contributed by atoms with van der Waals surface area (Å²) in [6, 6.07) is 0. The maximum Gasteiger partial charge on any atom is 0.472 e. The summed E-state index contributed by atoms with van der Waals surface area (Å²) in [7, 11) is -9.81. The van der Waals surface area contributed by atoms with Gasteiger partial charge >= 0.3 is 33.6 Å². The number of esters is 3. The van der Waals surface area contributed by atoms with Crippen LogP contribution in [0.1, 0.15) is 278 Å². The summed E-state index contributed by atoms with van der Waals surface area (Å²) in [5.74, 6) is -1.64. The first kappa shape index (κ1) is 92.4. The average molecular weight is 1400 g/mol. The first-order chi connectivity index (χ1) is 47.2. The normalized spacial score (nSPS) is 14.9.